The first-order chi connectivity index (χ1) is 16.1. The zero-order valence-corrected chi connectivity index (χ0v) is 18.6. The number of benzene rings is 2. The molecule has 0 radical (unpaired) electrons. The Hall–Kier alpha value is -3.39. The zero-order chi connectivity index (χ0) is 22.9. The van der Waals surface area contributed by atoms with Gasteiger partial charge in [0.15, 0.2) is 17.3 Å². The maximum atomic E-state index is 14.6. The van der Waals surface area contributed by atoms with E-state index in [9.17, 15) is 14.0 Å². The number of fused-ring (bicyclic) bond motifs is 3. The summed E-state index contributed by atoms with van der Waals surface area (Å²) in [5.41, 5.74) is 2.34. The predicted octanol–water partition coefficient (Wildman–Crippen LogP) is 3.43. The third-order valence-electron chi connectivity index (χ3n) is 6.38. The molecular weight excluding hydrogens is 423 g/mol. The fraction of sp³-hybridized carbons (Fsp3) is 0.360. The Morgan fingerprint density at radius 1 is 1.24 bits per heavy atom. The summed E-state index contributed by atoms with van der Waals surface area (Å²) in [5, 5.41) is 6.02. The van der Waals surface area contributed by atoms with Gasteiger partial charge in [0.05, 0.1) is 11.4 Å². The summed E-state index contributed by atoms with van der Waals surface area (Å²) in [4.78, 5) is 30.1. The van der Waals surface area contributed by atoms with E-state index in [1.54, 1.807) is 6.07 Å². The molecule has 3 heterocycles. The van der Waals surface area contributed by atoms with Crippen molar-refractivity contribution in [1.82, 2.24) is 5.32 Å². The summed E-state index contributed by atoms with van der Waals surface area (Å²) in [6.45, 7) is 4.47. The van der Waals surface area contributed by atoms with E-state index in [-0.39, 0.29) is 35.3 Å². The van der Waals surface area contributed by atoms with Crippen molar-refractivity contribution in [1.29, 1.82) is 0 Å². The Kier molecular flexibility index (Phi) is 5.76. The van der Waals surface area contributed by atoms with Gasteiger partial charge < -0.3 is 25.2 Å². The van der Waals surface area contributed by atoms with Crippen LogP contribution in [0.4, 0.5) is 21.5 Å². The first kappa shape index (κ1) is 21.5. The largest absolute Gasteiger partial charge is 0.489 e. The summed E-state index contributed by atoms with van der Waals surface area (Å²) in [6.07, 6.45) is 2.35. The highest BCUT2D eigenvalue weighted by atomic mass is 19.1. The molecular formula is C25H27FN4O3. The van der Waals surface area contributed by atoms with Crippen molar-refractivity contribution in [3.63, 3.8) is 0 Å². The number of nitrogens with one attached hydrogen (secondary N) is 2. The molecule has 1 atom stereocenters. The van der Waals surface area contributed by atoms with Crippen molar-refractivity contribution >= 4 is 28.8 Å². The van der Waals surface area contributed by atoms with Gasteiger partial charge in [-0.05, 0) is 50.6 Å². The number of ketones is 1. The molecule has 0 aromatic heterocycles. The summed E-state index contributed by atoms with van der Waals surface area (Å²) < 4.78 is 20.2. The number of rotatable bonds is 6. The fourth-order valence-electron chi connectivity index (χ4n) is 4.78. The number of nitrogens with zero attached hydrogens (tertiary/aromatic N) is 2. The van der Waals surface area contributed by atoms with E-state index in [0.717, 1.165) is 30.8 Å². The highest BCUT2D eigenvalue weighted by molar-refractivity contribution is 6.25. The molecule has 8 heteroatoms. The third kappa shape index (κ3) is 3.95. The van der Waals surface area contributed by atoms with Crippen LogP contribution in [0.5, 0.6) is 5.75 Å². The Labute approximate surface area is 192 Å². The lowest BCUT2D eigenvalue weighted by Crippen LogP contribution is -2.40. The van der Waals surface area contributed by atoms with Crippen LogP contribution in [0.1, 0.15) is 26.2 Å². The van der Waals surface area contributed by atoms with Crippen LogP contribution in [-0.4, -0.2) is 44.0 Å². The SMILES string of the molecule is CCN1C2=C(C(=O)Nc3ccc(OC[C@H]4CCCN4)c(F)c3)C(=O)CCN2c2ccccc21. The Bertz CT molecular complexity index is 1110. The summed E-state index contributed by atoms with van der Waals surface area (Å²) in [6, 6.07) is 12.4. The van der Waals surface area contributed by atoms with Crippen molar-refractivity contribution < 1.29 is 18.7 Å². The van der Waals surface area contributed by atoms with E-state index in [4.69, 9.17) is 4.74 Å². The van der Waals surface area contributed by atoms with Gasteiger partial charge in [-0.2, -0.15) is 0 Å². The summed E-state index contributed by atoms with van der Waals surface area (Å²) >= 11 is 0. The van der Waals surface area contributed by atoms with E-state index in [0.29, 0.717) is 25.5 Å². The number of Topliss-reactive ketones (excluding diaryl/α,β-unsaturated/α-hetero) is 1. The monoisotopic (exact) mass is 450 g/mol. The van der Waals surface area contributed by atoms with E-state index in [1.165, 1.54) is 12.1 Å². The lowest BCUT2D eigenvalue weighted by Gasteiger charge is -2.30. The smallest absolute Gasteiger partial charge is 0.263 e. The second-order valence-electron chi connectivity index (χ2n) is 8.46. The lowest BCUT2D eigenvalue weighted by molar-refractivity contribution is -0.120. The van der Waals surface area contributed by atoms with Crippen molar-refractivity contribution in [3.8, 4) is 5.75 Å². The first-order valence-corrected chi connectivity index (χ1v) is 11.5. The van der Waals surface area contributed by atoms with Crippen LogP contribution in [0.2, 0.25) is 0 Å². The van der Waals surface area contributed by atoms with Crippen LogP contribution in [0.25, 0.3) is 0 Å². The van der Waals surface area contributed by atoms with Gasteiger partial charge in [-0.1, -0.05) is 12.1 Å². The topological polar surface area (TPSA) is 73.9 Å². The second kappa shape index (κ2) is 8.86. The molecule has 0 spiro atoms. The zero-order valence-electron chi connectivity index (χ0n) is 18.6. The molecule has 33 heavy (non-hydrogen) atoms. The van der Waals surface area contributed by atoms with Crippen LogP contribution < -0.4 is 25.2 Å². The molecule has 0 aliphatic carbocycles. The Morgan fingerprint density at radius 3 is 2.79 bits per heavy atom. The molecule has 5 rings (SSSR count). The van der Waals surface area contributed by atoms with Crippen LogP contribution in [0.3, 0.4) is 0 Å². The standard InChI is InChI=1S/C25H27FN4O3/c1-2-29-19-7-3-4-8-20(19)30-13-11-21(31)23(25(29)30)24(32)28-16-9-10-22(18(26)14-16)33-15-17-6-5-12-27-17/h3-4,7-10,14,17,27H,2,5-6,11-13,15H2,1H3,(H,28,32)/t17-/m1/s1. The number of ether oxygens (including phenoxy) is 1. The van der Waals surface area contributed by atoms with E-state index < -0.39 is 11.7 Å². The number of hydrogen-bond acceptors (Lipinski definition) is 6. The van der Waals surface area contributed by atoms with Gasteiger partial charge >= 0.3 is 0 Å². The number of halogens is 1. The minimum absolute atomic E-state index is 0.104. The van der Waals surface area contributed by atoms with Crippen LogP contribution >= 0.6 is 0 Å². The van der Waals surface area contributed by atoms with Crippen LogP contribution in [0, 0.1) is 5.82 Å². The predicted molar refractivity (Wildman–Crippen MR) is 125 cm³/mol. The summed E-state index contributed by atoms with van der Waals surface area (Å²) in [7, 11) is 0. The van der Waals surface area contributed by atoms with Crippen molar-refractivity contribution in [2.75, 3.05) is 41.4 Å². The maximum Gasteiger partial charge on any atom is 0.263 e. The van der Waals surface area contributed by atoms with Gasteiger partial charge in [0.2, 0.25) is 0 Å². The van der Waals surface area contributed by atoms with Gasteiger partial charge in [-0.15, -0.1) is 0 Å². The molecule has 1 amide bonds. The molecule has 3 aliphatic rings. The number of anilines is 3. The van der Waals surface area contributed by atoms with Gasteiger partial charge in [-0.3, -0.25) is 9.59 Å². The molecule has 1 saturated heterocycles. The quantitative estimate of drug-likeness (QED) is 0.657. The highest BCUT2D eigenvalue weighted by Crippen LogP contribution is 2.44. The molecule has 1 fully saturated rings. The highest BCUT2D eigenvalue weighted by Gasteiger charge is 2.40. The number of carbonyl (C=O) groups excluding carboxylic acids is 2. The minimum Gasteiger partial charge on any atom is -0.489 e. The number of carbonyl (C=O) groups is 2. The first-order valence-electron chi connectivity index (χ1n) is 11.5. The normalized spacial score (nSPS) is 19.6. The van der Waals surface area contributed by atoms with E-state index in [2.05, 4.69) is 10.6 Å². The molecule has 172 valence electrons. The van der Waals surface area contributed by atoms with Crippen molar-refractivity contribution in [2.24, 2.45) is 0 Å². The minimum atomic E-state index is -0.552. The Morgan fingerprint density at radius 2 is 2.06 bits per heavy atom. The molecule has 2 N–H and O–H groups in total. The van der Waals surface area contributed by atoms with Crippen LogP contribution in [-0.2, 0) is 9.59 Å². The van der Waals surface area contributed by atoms with E-state index >= 15 is 0 Å². The average molecular weight is 451 g/mol. The second-order valence-corrected chi connectivity index (χ2v) is 8.46. The number of para-hydroxylation sites is 2. The molecule has 7 nitrogen and oxygen atoms in total. The van der Waals surface area contributed by atoms with Gasteiger partial charge in [0.25, 0.3) is 5.91 Å². The maximum absolute atomic E-state index is 14.6. The summed E-state index contributed by atoms with van der Waals surface area (Å²) in [5.74, 6) is -0.559. The van der Waals surface area contributed by atoms with Gasteiger partial charge in [0, 0.05) is 37.3 Å². The molecule has 2 aromatic rings. The molecule has 2 aromatic carbocycles. The van der Waals surface area contributed by atoms with Gasteiger partial charge in [-0.25, -0.2) is 4.39 Å². The van der Waals surface area contributed by atoms with E-state index in [1.807, 2.05) is 41.0 Å². The number of amides is 1. The molecule has 0 saturated carbocycles. The molecule has 3 aliphatic heterocycles. The van der Waals surface area contributed by atoms with Crippen molar-refractivity contribution in [3.05, 3.63) is 59.7 Å². The average Bonchev–Trinajstić information content (AvgIpc) is 3.44. The fourth-order valence-corrected chi connectivity index (χ4v) is 4.78. The van der Waals surface area contributed by atoms with Gasteiger partial charge in [0.1, 0.15) is 18.0 Å². The third-order valence-corrected chi connectivity index (χ3v) is 6.38. The number of hydrogen-bond donors (Lipinski definition) is 2. The Balaban J connectivity index is 1.37. The molecule has 0 unspecified atom stereocenters. The molecule has 0 bridgehead atoms. The van der Waals surface area contributed by atoms with Crippen molar-refractivity contribution in [2.45, 2.75) is 32.2 Å². The van der Waals surface area contributed by atoms with Crippen LogP contribution in [0.15, 0.2) is 53.9 Å². The lowest BCUT2D eigenvalue weighted by atomic mass is 10.0.